The van der Waals surface area contributed by atoms with Crippen LogP contribution in [0.5, 0.6) is 0 Å². The molecule has 1 unspecified atom stereocenters. The smallest absolute Gasteiger partial charge is 0.149 e. The van der Waals surface area contributed by atoms with Crippen LogP contribution in [0.15, 0.2) is 40.2 Å². The fourth-order valence-electron chi connectivity index (χ4n) is 1.38. The van der Waals surface area contributed by atoms with Gasteiger partial charge in [-0.2, -0.15) is 5.26 Å². The molecule has 0 bridgehead atoms. The lowest BCUT2D eigenvalue weighted by molar-refractivity contribution is 1.03. The Kier molecular flexibility index (Phi) is 4.06. The van der Waals surface area contributed by atoms with E-state index in [0.717, 1.165) is 15.0 Å². The van der Waals surface area contributed by atoms with Gasteiger partial charge in [0.1, 0.15) is 6.04 Å². The molecular weight excluding hydrogens is 320 g/mol. The second-order valence-corrected chi connectivity index (χ2v) is 5.62. The number of para-hydroxylation sites is 1. The van der Waals surface area contributed by atoms with Crippen LogP contribution in [0.4, 0.5) is 5.69 Å². The summed E-state index contributed by atoms with van der Waals surface area (Å²) < 4.78 is 0.985. The first-order valence-corrected chi connectivity index (χ1v) is 6.90. The lowest BCUT2D eigenvalue weighted by atomic mass is 10.2. The summed E-state index contributed by atoms with van der Waals surface area (Å²) in [6, 6.07) is 11.2. The first-order valence-electron chi connectivity index (χ1n) is 4.85. The topological polar surface area (TPSA) is 35.8 Å². The number of thiophene rings is 1. The Morgan fingerprint density at radius 2 is 2.18 bits per heavy atom. The van der Waals surface area contributed by atoms with Crippen LogP contribution in [0.1, 0.15) is 10.9 Å². The van der Waals surface area contributed by atoms with Crippen molar-refractivity contribution in [1.82, 2.24) is 0 Å². The van der Waals surface area contributed by atoms with Gasteiger partial charge < -0.3 is 5.32 Å². The van der Waals surface area contributed by atoms with Gasteiger partial charge in [-0.05, 0) is 34.1 Å². The van der Waals surface area contributed by atoms with Gasteiger partial charge in [-0.1, -0.05) is 23.7 Å². The third-order valence-corrected chi connectivity index (χ3v) is 4.26. The van der Waals surface area contributed by atoms with E-state index >= 15 is 0 Å². The molecule has 2 aromatic rings. The molecule has 0 radical (unpaired) electrons. The summed E-state index contributed by atoms with van der Waals surface area (Å²) >= 11 is 10.9. The maximum absolute atomic E-state index is 9.18. The van der Waals surface area contributed by atoms with E-state index in [4.69, 9.17) is 11.6 Å². The molecule has 0 fully saturated rings. The van der Waals surface area contributed by atoms with Crippen molar-refractivity contribution in [3.8, 4) is 6.07 Å². The van der Waals surface area contributed by atoms with E-state index < -0.39 is 0 Å². The monoisotopic (exact) mass is 326 g/mol. The number of hydrogen-bond acceptors (Lipinski definition) is 3. The van der Waals surface area contributed by atoms with Crippen LogP contribution < -0.4 is 5.32 Å². The average Bonchev–Trinajstić information content (AvgIpc) is 2.75. The quantitative estimate of drug-likeness (QED) is 0.875. The second kappa shape index (κ2) is 5.54. The zero-order valence-electron chi connectivity index (χ0n) is 8.65. The highest BCUT2D eigenvalue weighted by molar-refractivity contribution is 9.10. The van der Waals surface area contributed by atoms with Gasteiger partial charge in [0.2, 0.25) is 0 Å². The Hall–Kier alpha value is -1.02. The SMILES string of the molecule is N#CC(Nc1ccccc1Cl)c1cc(Br)cs1. The summed E-state index contributed by atoms with van der Waals surface area (Å²) in [6.07, 6.45) is 0. The highest BCUT2D eigenvalue weighted by atomic mass is 79.9. The van der Waals surface area contributed by atoms with Crippen LogP contribution in [-0.2, 0) is 0 Å². The lowest BCUT2D eigenvalue weighted by Crippen LogP contribution is -2.06. The molecule has 0 aliphatic heterocycles. The van der Waals surface area contributed by atoms with E-state index in [9.17, 15) is 5.26 Å². The average molecular weight is 328 g/mol. The van der Waals surface area contributed by atoms with Gasteiger partial charge in [0, 0.05) is 14.7 Å². The zero-order valence-corrected chi connectivity index (χ0v) is 11.8. The molecule has 5 heteroatoms. The van der Waals surface area contributed by atoms with E-state index in [1.165, 1.54) is 11.3 Å². The summed E-state index contributed by atoms with van der Waals surface area (Å²) in [4.78, 5) is 0.958. The number of nitrogens with zero attached hydrogens (tertiary/aromatic N) is 1. The number of nitriles is 1. The summed E-state index contributed by atoms with van der Waals surface area (Å²) in [5.74, 6) is 0. The lowest BCUT2D eigenvalue weighted by Gasteiger charge is -2.12. The Bertz CT molecular complexity index is 562. The third kappa shape index (κ3) is 3.01. The highest BCUT2D eigenvalue weighted by Gasteiger charge is 2.13. The first kappa shape index (κ1) is 12.4. The predicted molar refractivity (Wildman–Crippen MR) is 75.4 cm³/mol. The molecule has 1 atom stereocenters. The molecule has 0 saturated carbocycles. The van der Waals surface area contributed by atoms with Gasteiger partial charge >= 0.3 is 0 Å². The van der Waals surface area contributed by atoms with Crippen LogP contribution >= 0.6 is 38.9 Å². The number of rotatable bonds is 3. The van der Waals surface area contributed by atoms with Gasteiger partial charge in [-0.25, -0.2) is 0 Å². The number of halogens is 2. The number of nitrogens with one attached hydrogen (secondary N) is 1. The molecule has 17 heavy (non-hydrogen) atoms. The van der Waals surface area contributed by atoms with Crippen LogP contribution in [-0.4, -0.2) is 0 Å². The van der Waals surface area contributed by atoms with Crippen molar-refractivity contribution >= 4 is 44.6 Å². The maximum atomic E-state index is 9.18. The minimum Gasteiger partial charge on any atom is -0.364 e. The van der Waals surface area contributed by atoms with E-state index in [-0.39, 0.29) is 6.04 Å². The van der Waals surface area contributed by atoms with Gasteiger partial charge in [0.25, 0.3) is 0 Å². The molecule has 1 N–H and O–H groups in total. The number of anilines is 1. The summed E-state index contributed by atoms with van der Waals surface area (Å²) in [5, 5.41) is 14.9. The molecule has 2 nitrogen and oxygen atoms in total. The Morgan fingerprint density at radius 1 is 1.41 bits per heavy atom. The van der Waals surface area contributed by atoms with Crippen molar-refractivity contribution in [3.63, 3.8) is 0 Å². The summed E-state index contributed by atoms with van der Waals surface area (Å²) in [6.45, 7) is 0. The second-order valence-electron chi connectivity index (χ2n) is 3.35. The van der Waals surface area contributed by atoms with Gasteiger partial charge in [-0.15, -0.1) is 11.3 Å². The summed E-state index contributed by atoms with van der Waals surface area (Å²) in [5.41, 5.74) is 0.769. The number of benzene rings is 1. The summed E-state index contributed by atoms with van der Waals surface area (Å²) in [7, 11) is 0. The molecule has 0 spiro atoms. The van der Waals surface area contributed by atoms with Crippen molar-refractivity contribution in [1.29, 1.82) is 5.26 Å². The van der Waals surface area contributed by atoms with Crippen molar-refractivity contribution in [2.24, 2.45) is 0 Å². The van der Waals surface area contributed by atoms with Crippen molar-refractivity contribution in [2.45, 2.75) is 6.04 Å². The van der Waals surface area contributed by atoms with Gasteiger partial charge in [-0.3, -0.25) is 0 Å². The molecule has 2 rings (SSSR count). The van der Waals surface area contributed by atoms with Gasteiger partial charge in [0.15, 0.2) is 0 Å². The molecule has 0 aliphatic carbocycles. The van der Waals surface area contributed by atoms with Crippen molar-refractivity contribution < 1.29 is 0 Å². The fourth-order valence-corrected chi connectivity index (χ4v) is 3.01. The van der Waals surface area contributed by atoms with Gasteiger partial charge in [0.05, 0.1) is 16.8 Å². The molecule has 1 heterocycles. The van der Waals surface area contributed by atoms with E-state index in [1.807, 2.05) is 29.6 Å². The Balaban J connectivity index is 2.22. The van der Waals surface area contributed by atoms with Crippen LogP contribution in [0.2, 0.25) is 5.02 Å². The highest BCUT2D eigenvalue weighted by Crippen LogP contribution is 2.30. The van der Waals surface area contributed by atoms with Crippen LogP contribution in [0.25, 0.3) is 0 Å². The predicted octanol–water partition coefficient (Wildman–Crippen LogP) is 4.84. The Labute approximate surface area is 117 Å². The minimum atomic E-state index is -0.383. The standard InChI is InChI=1S/C12H8BrClN2S/c13-8-5-12(17-7-8)11(6-15)16-10-4-2-1-3-9(10)14/h1-5,7,11,16H. The fraction of sp³-hybridized carbons (Fsp3) is 0.0833. The third-order valence-electron chi connectivity index (χ3n) is 2.18. The molecule has 1 aromatic heterocycles. The minimum absolute atomic E-state index is 0.383. The zero-order chi connectivity index (χ0) is 12.3. The maximum Gasteiger partial charge on any atom is 0.149 e. The largest absolute Gasteiger partial charge is 0.364 e. The molecular formula is C12H8BrClN2S. The van der Waals surface area contributed by atoms with Crippen LogP contribution in [0, 0.1) is 11.3 Å². The molecule has 0 saturated heterocycles. The van der Waals surface area contributed by atoms with Crippen molar-refractivity contribution in [3.05, 3.63) is 50.1 Å². The number of hydrogen-bond donors (Lipinski definition) is 1. The molecule has 0 amide bonds. The molecule has 0 aliphatic rings. The van der Waals surface area contributed by atoms with E-state index in [0.29, 0.717) is 5.02 Å². The Morgan fingerprint density at radius 3 is 2.76 bits per heavy atom. The van der Waals surface area contributed by atoms with E-state index in [2.05, 4.69) is 27.3 Å². The normalized spacial score (nSPS) is 11.8. The first-order chi connectivity index (χ1) is 8.20. The molecule has 1 aromatic carbocycles. The van der Waals surface area contributed by atoms with Crippen LogP contribution in [0.3, 0.4) is 0 Å². The molecule has 86 valence electrons. The van der Waals surface area contributed by atoms with Crippen molar-refractivity contribution in [2.75, 3.05) is 5.32 Å². The van der Waals surface area contributed by atoms with E-state index in [1.54, 1.807) is 6.07 Å².